The molecule has 1 amide bonds. The Labute approximate surface area is 157 Å². The Bertz CT molecular complexity index is 852. The third kappa shape index (κ3) is 6.90. The van der Waals surface area contributed by atoms with Crippen molar-refractivity contribution in [3.8, 4) is 5.75 Å². The summed E-state index contributed by atoms with van der Waals surface area (Å²) in [6.07, 6.45) is 0. The van der Waals surface area contributed by atoms with Crippen molar-refractivity contribution in [2.45, 2.75) is 13.8 Å². The first kappa shape index (κ1) is 22.4. The first-order valence-corrected chi connectivity index (χ1v) is 11.0. The van der Waals surface area contributed by atoms with E-state index < -0.39 is 41.7 Å². The van der Waals surface area contributed by atoms with Crippen LogP contribution >= 0.6 is 0 Å². The van der Waals surface area contributed by atoms with Crippen LogP contribution in [0.3, 0.4) is 0 Å². The number of benzene rings is 2. The molecule has 0 bridgehead atoms. The van der Waals surface area contributed by atoms with E-state index >= 15 is 0 Å². The summed E-state index contributed by atoms with van der Waals surface area (Å²) >= 11 is -5.34. The van der Waals surface area contributed by atoms with Crippen LogP contribution in [0.4, 0.5) is 10.1 Å². The molecule has 146 valence electrons. The molecule has 0 fully saturated rings. The number of esters is 1. The predicted molar refractivity (Wildman–Crippen MR) is 95.3 cm³/mol. The molecule has 0 saturated carbocycles. The summed E-state index contributed by atoms with van der Waals surface area (Å²) in [5.74, 6) is -2.99. The molecule has 27 heavy (non-hydrogen) atoms. The maximum atomic E-state index is 13.0. The molecular formula is C17H19AsFNO7. The number of halogens is 1. The van der Waals surface area contributed by atoms with Gasteiger partial charge in [-0.15, -0.1) is 0 Å². The Morgan fingerprint density at radius 3 is 2.22 bits per heavy atom. The van der Waals surface area contributed by atoms with Crippen molar-refractivity contribution in [1.82, 2.24) is 0 Å². The van der Waals surface area contributed by atoms with E-state index in [2.05, 4.69) is 0 Å². The number of ether oxygens (including phenoxy) is 1. The summed E-state index contributed by atoms with van der Waals surface area (Å²) in [4.78, 5) is 21.8. The van der Waals surface area contributed by atoms with Gasteiger partial charge in [0.15, 0.2) is 0 Å². The summed E-state index contributed by atoms with van der Waals surface area (Å²) in [5, 5.41) is 11.3. The van der Waals surface area contributed by atoms with Gasteiger partial charge < -0.3 is 4.74 Å². The Hall–Kier alpha value is -2.61. The fourth-order valence-electron chi connectivity index (χ4n) is 1.89. The largest absolute Gasteiger partial charge is 0.462 e. The molecule has 2 aromatic carbocycles. The quantitative estimate of drug-likeness (QED) is 0.314. The molecule has 2 aromatic rings. The molecule has 0 aliphatic carbocycles. The van der Waals surface area contributed by atoms with Crippen LogP contribution in [-0.2, 0) is 13.3 Å². The fourth-order valence-corrected chi connectivity index (χ4v) is 3.40. The minimum absolute atomic E-state index is 0.256. The average Bonchev–Trinajstić information content (AvgIpc) is 2.59. The molecular weight excluding hydrogens is 424 g/mol. The van der Waals surface area contributed by atoms with Gasteiger partial charge in [0.25, 0.3) is 0 Å². The number of phenols is 1. The number of carbonyl (C=O) groups is 2. The van der Waals surface area contributed by atoms with Crippen molar-refractivity contribution in [1.29, 1.82) is 0 Å². The molecule has 4 N–H and O–H groups in total. The van der Waals surface area contributed by atoms with Crippen molar-refractivity contribution < 1.29 is 35.8 Å². The van der Waals surface area contributed by atoms with Crippen LogP contribution in [-0.4, -0.2) is 46.0 Å². The van der Waals surface area contributed by atoms with E-state index in [0.29, 0.717) is 12.2 Å². The monoisotopic (exact) mass is 443 g/mol. The van der Waals surface area contributed by atoms with Crippen LogP contribution in [0, 0.1) is 5.82 Å². The van der Waals surface area contributed by atoms with E-state index in [1.807, 2.05) is 23.5 Å². The molecule has 0 heterocycles. The van der Waals surface area contributed by atoms with Gasteiger partial charge in [-0.2, -0.15) is 0 Å². The van der Waals surface area contributed by atoms with Crippen LogP contribution in [0.1, 0.15) is 24.2 Å². The zero-order valence-corrected chi connectivity index (χ0v) is 16.4. The van der Waals surface area contributed by atoms with Gasteiger partial charge in [-0.3, -0.25) is 0 Å². The minimum Gasteiger partial charge on any atom is -0.462 e. The molecule has 10 heteroatoms. The Balaban J connectivity index is 0.000000289. The number of aromatic hydroxyl groups is 1. The maximum Gasteiger partial charge on any atom is 0.338 e. The van der Waals surface area contributed by atoms with Crippen LogP contribution in [0.5, 0.6) is 5.75 Å². The van der Waals surface area contributed by atoms with E-state index in [0.717, 1.165) is 19.1 Å². The van der Waals surface area contributed by atoms with Crippen LogP contribution in [0.25, 0.3) is 0 Å². The van der Waals surface area contributed by atoms with Gasteiger partial charge in [-0.1, -0.05) is 18.2 Å². The van der Waals surface area contributed by atoms with Crippen molar-refractivity contribution in [3.63, 3.8) is 0 Å². The van der Waals surface area contributed by atoms with Gasteiger partial charge >= 0.3 is 98.2 Å². The Morgan fingerprint density at radius 2 is 1.74 bits per heavy atom. The van der Waals surface area contributed by atoms with Gasteiger partial charge in [0.1, 0.15) is 0 Å². The number of hydrogen-bond donors (Lipinski definition) is 4. The third-order valence-electron chi connectivity index (χ3n) is 3.01. The summed E-state index contributed by atoms with van der Waals surface area (Å²) in [5.41, 5.74) is 0.0225. The molecule has 0 aromatic heterocycles. The maximum absolute atomic E-state index is 13.0. The van der Waals surface area contributed by atoms with Gasteiger partial charge in [0.05, 0.1) is 12.2 Å². The molecule has 0 unspecified atom stereocenters. The molecule has 0 aliphatic rings. The van der Waals surface area contributed by atoms with Crippen molar-refractivity contribution in [3.05, 3.63) is 53.8 Å². The second-order valence-corrected chi connectivity index (χ2v) is 8.40. The van der Waals surface area contributed by atoms with Crippen molar-refractivity contribution >= 4 is 36.1 Å². The summed E-state index contributed by atoms with van der Waals surface area (Å²) in [7, 11) is 0. The average molecular weight is 443 g/mol. The summed E-state index contributed by atoms with van der Waals surface area (Å²) < 4.78 is 46.2. The second kappa shape index (κ2) is 9.91. The molecule has 0 atom stereocenters. The summed E-state index contributed by atoms with van der Waals surface area (Å²) in [6.45, 7) is 3.29. The number of carbonyl (C=O) groups excluding carboxylic acids is 2. The van der Waals surface area contributed by atoms with Crippen molar-refractivity contribution in [2.24, 2.45) is 0 Å². The van der Waals surface area contributed by atoms with Gasteiger partial charge in [-0.25, -0.2) is 4.79 Å². The number of amides is 1. The molecule has 0 saturated heterocycles. The normalized spacial score (nSPS) is 10.4. The molecule has 0 aliphatic heterocycles. The predicted octanol–water partition coefficient (Wildman–Crippen LogP) is 0.914. The van der Waals surface area contributed by atoms with E-state index in [1.165, 1.54) is 0 Å². The number of rotatable bonds is 4. The van der Waals surface area contributed by atoms with Gasteiger partial charge in [0.2, 0.25) is 0 Å². The molecule has 0 spiro atoms. The topological polar surface area (TPSA) is 133 Å². The van der Waals surface area contributed by atoms with Crippen molar-refractivity contribution in [2.75, 3.05) is 11.9 Å². The zero-order valence-electron chi connectivity index (χ0n) is 14.5. The molecule has 0 radical (unpaired) electrons. The van der Waals surface area contributed by atoms with E-state index in [-0.39, 0.29) is 5.97 Å². The summed E-state index contributed by atoms with van der Waals surface area (Å²) in [6, 6.07) is 10.5. The number of hydrogen-bond acceptors (Lipinski definition) is 5. The van der Waals surface area contributed by atoms with Crippen LogP contribution in [0.15, 0.2) is 42.5 Å². The first-order valence-electron chi connectivity index (χ1n) is 7.65. The number of nitrogens with one attached hydrogen (secondary N) is 1. The number of anilines is 1. The van der Waals surface area contributed by atoms with Gasteiger partial charge in [0, 0.05) is 0 Å². The van der Waals surface area contributed by atoms with E-state index in [1.54, 1.807) is 19.1 Å². The van der Waals surface area contributed by atoms with Crippen LogP contribution < -0.4 is 9.67 Å². The standard InChI is InChI=1S/C9H10O2.C8H9AsFNO5/c1-2-11-9(10)8-6-4-3-5-7-8;1-4(12)11-7-5(9(14,15)16)2-3-6(10)8(7)13/h3-7H,2H2,1H3;2-3,13H,1H3,(H,11,12)(H2,14,15,16). The third-order valence-corrected chi connectivity index (χ3v) is 5.11. The zero-order chi connectivity index (χ0) is 20.6. The molecule has 2 rings (SSSR count). The van der Waals surface area contributed by atoms with E-state index in [9.17, 15) is 22.8 Å². The Morgan fingerprint density at radius 1 is 1.15 bits per heavy atom. The first-order chi connectivity index (χ1) is 12.6. The van der Waals surface area contributed by atoms with E-state index in [4.69, 9.17) is 12.9 Å². The van der Waals surface area contributed by atoms with Crippen LogP contribution in [0.2, 0.25) is 0 Å². The smallest absolute Gasteiger partial charge is 0.338 e. The minimum atomic E-state index is -5.34. The molecule has 8 nitrogen and oxygen atoms in total. The second-order valence-electron chi connectivity index (χ2n) is 5.10. The fraction of sp³-hybridized carbons (Fsp3) is 0.176. The Kier molecular flexibility index (Phi) is 8.24. The SMILES string of the molecule is CC(=O)Nc1c([As](=O)(O)O)ccc(F)c1O.CCOC(=O)c1ccccc1. The van der Waals surface area contributed by atoms with Gasteiger partial charge in [-0.05, 0) is 19.1 Å². The number of phenolic OH excluding ortho intramolecular Hbond substituents is 1.